The van der Waals surface area contributed by atoms with E-state index in [1.54, 1.807) is 6.07 Å². The molecule has 3 aromatic rings. The molecule has 2 heterocycles. The molecule has 0 spiro atoms. The summed E-state index contributed by atoms with van der Waals surface area (Å²) in [7, 11) is -4.57. The van der Waals surface area contributed by atoms with Crippen molar-refractivity contribution in [3.63, 3.8) is 0 Å². The summed E-state index contributed by atoms with van der Waals surface area (Å²) >= 11 is 0. The predicted molar refractivity (Wildman–Crippen MR) is 107 cm³/mol. The van der Waals surface area contributed by atoms with Gasteiger partial charge in [-0.3, -0.25) is 9.62 Å². The van der Waals surface area contributed by atoms with Gasteiger partial charge >= 0.3 is 0 Å². The molecular formula is C20H19F3N4O3S. The van der Waals surface area contributed by atoms with Gasteiger partial charge in [-0.15, -0.1) is 0 Å². The SMILES string of the molecule is O=S(=O)(Nc1ccon1)c1c(F)cc(NCc2c(F)cccc2CN2CCC2)cc1F. The first-order chi connectivity index (χ1) is 14.8. The second kappa shape index (κ2) is 8.60. The highest BCUT2D eigenvalue weighted by atomic mass is 32.2. The summed E-state index contributed by atoms with van der Waals surface area (Å²) in [5.74, 6) is -3.24. The van der Waals surface area contributed by atoms with Crippen molar-refractivity contribution in [2.24, 2.45) is 0 Å². The Balaban J connectivity index is 1.53. The summed E-state index contributed by atoms with van der Waals surface area (Å²) in [6.07, 6.45) is 2.21. The Hall–Kier alpha value is -3.05. The van der Waals surface area contributed by atoms with Crippen molar-refractivity contribution in [1.82, 2.24) is 10.1 Å². The minimum absolute atomic E-state index is 0.0159. The van der Waals surface area contributed by atoms with Gasteiger partial charge in [0.05, 0.1) is 0 Å². The van der Waals surface area contributed by atoms with E-state index in [-0.39, 0.29) is 18.1 Å². The minimum Gasteiger partial charge on any atom is -0.381 e. The van der Waals surface area contributed by atoms with Crippen molar-refractivity contribution in [2.75, 3.05) is 23.1 Å². The van der Waals surface area contributed by atoms with Crippen LogP contribution in [0, 0.1) is 17.5 Å². The Kier molecular flexibility index (Phi) is 5.88. The molecule has 31 heavy (non-hydrogen) atoms. The van der Waals surface area contributed by atoms with E-state index in [1.165, 1.54) is 12.1 Å². The van der Waals surface area contributed by atoms with Crippen LogP contribution >= 0.6 is 0 Å². The van der Waals surface area contributed by atoms with Crippen LogP contribution in [-0.4, -0.2) is 31.6 Å². The molecule has 0 bridgehead atoms. The van der Waals surface area contributed by atoms with Crippen LogP contribution in [0.5, 0.6) is 0 Å². The molecule has 1 saturated heterocycles. The first kappa shape index (κ1) is 21.2. The van der Waals surface area contributed by atoms with Crippen LogP contribution in [0.4, 0.5) is 24.7 Å². The molecule has 11 heteroatoms. The lowest BCUT2D eigenvalue weighted by Crippen LogP contribution is -2.36. The Bertz CT molecular complexity index is 1160. The molecule has 0 saturated carbocycles. The quantitative estimate of drug-likeness (QED) is 0.542. The molecule has 1 aliphatic rings. The van der Waals surface area contributed by atoms with Gasteiger partial charge in [0, 0.05) is 30.4 Å². The first-order valence-corrected chi connectivity index (χ1v) is 11.0. The fraction of sp³-hybridized carbons (Fsp3) is 0.250. The molecule has 0 amide bonds. The molecule has 164 valence electrons. The van der Waals surface area contributed by atoms with Crippen LogP contribution in [-0.2, 0) is 23.1 Å². The summed E-state index contributed by atoms with van der Waals surface area (Å²) in [4.78, 5) is 1.02. The highest BCUT2D eigenvalue weighted by Crippen LogP contribution is 2.26. The van der Waals surface area contributed by atoms with Gasteiger partial charge in [-0.05, 0) is 43.3 Å². The average molecular weight is 452 g/mol. The van der Waals surface area contributed by atoms with E-state index in [4.69, 9.17) is 0 Å². The van der Waals surface area contributed by atoms with Gasteiger partial charge in [-0.1, -0.05) is 17.3 Å². The molecular weight excluding hydrogens is 433 g/mol. The van der Waals surface area contributed by atoms with Crippen LogP contribution in [0.2, 0.25) is 0 Å². The lowest BCUT2D eigenvalue weighted by atomic mass is 10.0. The number of hydrogen-bond acceptors (Lipinski definition) is 6. The van der Waals surface area contributed by atoms with Crippen molar-refractivity contribution in [3.8, 4) is 0 Å². The van der Waals surface area contributed by atoms with E-state index in [1.807, 2.05) is 10.8 Å². The third kappa shape index (κ3) is 4.67. The van der Waals surface area contributed by atoms with E-state index in [0.717, 1.165) is 43.5 Å². The molecule has 1 fully saturated rings. The molecule has 0 radical (unpaired) electrons. The molecule has 2 N–H and O–H groups in total. The summed E-state index contributed by atoms with van der Waals surface area (Å²) in [5.41, 5.74) is 1.15. The fourth-order valence-corrected chi connectivity index (χ4v) is 4.41. The van der Waals surface area contributed by atoms with Gasteiger partial charge in [0.15, 0.2) is 10.7 Å². The van der Waals surface area contributed by atoms with E-state index in [9.17, 15) is 21.6 Å². The molecule has 2 aromatic carbocycles. The number of nitrogens with one attached hydrogen (secondary N) is 2. The van der Waals surface area contributed by atoms with Crippen molar-refractivity contribution in [3.05, 3.63) is 71.2 Å². The second-order valence-electron chi connectivity index (χ2n) is 7.12. The maximum atomic E-state index is 14.5. The molecule has 1 aliphatic heterocycles. The van der Waals surface area contributed by atoms with Gasteiger partial charge in [-0.25, -0.2) is 21.6 Å². The average Bonchev–Trinajstić information content (AvgIpc) is 3.15. The Morgan fingerprint density at radius 3 is 2.42 bits per heavy atom. The van der Waals surface area contributed by atoms with E-state index < -0.39 is 32.4 Å². The topological polar surface area (TPSA) is 87.5 Å². The predicted octanol–water partition coefficient (Wildman–Crippen LogP) is 3.71. The van der Waals surface area contributed by atoms with Gasteiger partial charge in [0.25, 0.3) is 10.0 Å². The number of nitrogens with zero attached hydrogens (tertiary/aromatic N) is 2. The summed E-state index contributed by atoms with van der Waals surface area (Å²) in [6, 6.07) is 7.63. The van der Waals surface area contributed by atoms with Gasteiger partial charge in [0.2, 0.25) is 0 Å². The maximum Gasteiger partial charge on any atom is 0.269 e. The number of benzene rings is 2. The first-order valence-electron chi connectivity index (χ1n) is 9.48. The number of rotatable bonds is 8. The lowest BCUT2D eigenvalue weighted by Gasteiger charge is -2.31. The molecule has 7 nitrogen and oxygen atoms in total. The standard InChI is InChI=1S/C20H19F3N4O3S/c21-16-4-1-3-13(12-27-6-2-7-27)15(16)11-24-14-9-17(22)20(18(23)10-14)31(28,29)26-19-5-8-30-25-19/h1,3-5,8-10,24H,2,6-7,11-12H2,(H,25,26). The zero-order valence-electron chi connectivity index (χ0n) is 16.2. The minimum atomic E-state index is -4.57. The normalized spacial score (nSPS) is 14.3. The monoisotopic (exact) mass is 452 g/mol. The Morgan fingerprint density at radius 2 is 1.81 bits per heavy atom. The molecule has 0 aliphatic carbocycles. The lowest BCUT2D eigenvalue weighted by molar-refractivity contribution is 0.172. The van der Waals surface area contributed by atoms with Crippen LogP contribution < -0.4 is 10.0 Å². The fourth-order valence-electron chi connectivity index (χ4n) is 3.29. The number of likely N-dealkylation sites (tertiary alicyclic amines) is 1. The van der Waals surface area contributed by atoms with Crippen LogP contribution in [0.15, 0.2) is 52.1 Å². The number of halogens is 3. The molecule has 1 aromatic heterocycles. The number of aromatic nitrogens is 1. The van der Waals surface area contributed by atoms with Gasteiger partial charge in [0.1, 0.15) is 23.7 Å². The molecule has 0 atom stereocenters. The zero-order chi connectivity index (χ0) is 22.0. The molecule has 4 rings (SSSR count). The molecule has 0 unspecified atom stereocenters. The Labute approximate surface area is 176 Å². The van der Waals surface area contributed by atoms with E-state index in [2.05, 4.69) is 19.9 Å². The summed E-state index contributed by atoms with van der Waals surface area (Å²) < 4.78 is 74.5. The van der Waals surface area contributed by atoms with Crippen molar-refractivity contribution >= 4 is 21.5 Å². The van der Waals surface area contributed by atoms with Crippen molar-refractivity contribution < 1.29 is 26.1 Å². The third-order valence-electron chi connectivity index (χ3n) is 4.97. The zero-order valence-corrected chi connectivity index (χ0v) is 17.1. The summed E-state index contributed by atoms with van der Waals surface area (Å²) in [6.45, 7) is 2.45. The maximum absolute atomic E-state index is 14.5. The number of hydrogen-bond donors (Lipinski definition) is 2. The van der Waals surface area contributed by atoms with Gasteiger partial charge in [-0.2, -0.15) is 0 Å². The number of anilines is 2. The van der Waals surface area contributed by atoms with Gasteiger partial charge < -0.3 is 9.84 Å². The Morgan fingerprint density at radius 1 is 1.06 bits per heavy atom. The highest BCUT2D eigenvalue weighted by molar-refractivity contribution is 7.92. The van der Waals surface area contributed by atoms with Crippen LogP contribution in [0.1, 0.15) is 17.5 Å². The smallest absolute Gasteiger partial charge is 0.269 e. The third-order valence-corrected chi connectivity index (χ3v) is 6.38. The van der Waals surface area contributed by atoms with E-state index in [0.29, 0.717) is 12.1 Å². The van der Waals surface area contributed by atoms with Crippen LogP contribution in [0.25, 0.3) is 0 Å². The van der Waals surface area contributed by atoms with Crippen molar-refractivity contribution in [1.29, 1.82) is 0 Å². The number of sulfonamides is 1. The van der Waals surface area contributed by atoms with Crippen LogP contribution in [0.3, 0.4) is 0 Å². The largest absolute Gasteiger partial charge is 0.381 e. The van der Waals surface area contributed by atoms with Crippen molar-refractivity contribution in [2.45, 2.75) is 24.4 Å². The highest BCUT2D eigenvalue weighted by Gasteiger charge is 2.26. The van der Waals surface area contributed by atoms with E-state index >= 15 is 0 Å². The second-order valence-corrected chi connectivity index (χ2v) is 8.74. The summed E-state index contributed by atoms with van der Waals surface area (Å²) in [5, 5.41) is 6.13.